The zero-order valence-corrected chi connectivity index (χ0v) is 8.70. The lowest BCUT2D eigenvalue weighted by molar-refractivity contribution is -0.134. The van der Waals surface area contributed by atoms with Gasteiger partial charge in [-0.1, -0.05) is 23.8 Å². The van der Waals surface area contributed by atoms with E-state index in [2.05, 4.69) is 4.74 Å². The molecule has 1 aromatic carbocycles. The summed E-state index contributed by atoms with van der Waals surface area (Å²) in [6, 6.07) is 6.12. The maximum Gasteiger partial charge on any atom is 0.330 e. The maximum absolute atomic E-state index is 10.9. The van der Waals surface area contributed by atoms with Gasteiger partial charge in [0.25, 0.3) is 0 Å². The van der Waals surface area contributed by atoms with Crippen molar-refractivity contribution < 1.29 is 9.53 Å². The standard InChI is InChI=1S/C12H14O2/c1-9-4-5-10(2)11(8-9)6-7-12(13)14-3/h4-8H,1-3H3. The largest absolute Gasteiger partial charge is 0.466 e. The molecule has 14 heavy (non-hydrogen) atoms. The van der Waals surface area contributed by atoms with Crippen LogP contribution in [0, 0.1) is 13.8 Å². The second-order valence-electron chi connectivity index (χ2n) is 3.22. The number of methoxy groups -OCH3 is 1. The molecule has 0 aliphatic carbocycles. The highest BCUT2D eigenvalue weighted by Gasteiger charge is 1.96. The Morgan fingerprint density at radius 2 is 2.07 bits per heavy atom. The first kappa shape index (κ1) is 10.5. The number of aryl methyl sites for hydroxylation is 2. The second kappa shape index (κ2) is 4.61. The molecule has 2 heteroatoms. The van der Waals surface area contributed by atoms with Gasteiger partial charge in [-0.25, -0.2) is 4.79 Å². The molecule has 0 N–H and O–H groups in total. The summed E-state index contributed by atoms with van der Waals surface area (Å²) in [5.41, 5.74) is 3.38. The van der Waals surface area contributed by atoms with E-state index in [1.807, 2.05) is 32.0 Å². The smallest absolute Gasteiger partial charge is 0.330 e. The molecule has 0 bridgehead atoms. The van der Waals surface area contributed by atoms with Gasteiger partial charge in [-0.05, 0) is 31.1 Å². The highest BCUT2D eigenvalue weighted by atomic mass is 16.5. The summed E-state index contributed by atoms with van der Waals surface area (Å²) < 4.78 is 4.52. The summed E-state index contributed by atoms with van der Waals surface area (Å²) in [6.07, 6.45) is 3.20. The van der Waals surface area contributed by atoms with Crippen molar-refractivity contribution in [3.63, 3.8) is 0 Å². The molecule has 0 saturated heterocycles. The third kappa shape index (κ3) is 2.73. The van der Waals surface area contributed by atoms with Crippen LogP contribution in [0.25, 0.3) is 6.08 Å². The lowest BCUT2D eigenvalue weighted by Gasteiger charge is -2.01. The highest BCUT2D eigenvalue weighted by Crippen LogP contribution is 2.12. The zero-order chi connectivity index (χ0) is 10.6. The minimum atomic E-state index is -0.328. The molecule has 74 valence electrons. The number of hydrogen-bond donors (Lipinski definition) is 0. The fraction of sp³-hybridized carbons (Fsp3) is 0.250. The number of hydrogen-bond acceptors (Lipinski definition) is 2. The molecule has 0 amide bonds. The van der Waals surface area contributed by atoms with Crippen molar-refractivity contribution in [3.05, 3.63) is 41.0 Å². The van der Waals surface area contributed by atoms with Crippen LogP contribution in [0.2, 0.25) is 0 Å². The van der Waals surface area contributed by atoms with Gasteiger partial charge >= 0.3 is 5.97 Å². The van der Waals surface area contributed by atoms with Crippen molar-refractivity contribution >= 4 is 12.0 Å². The molecular formula is C12H14O2. The second-order valence-corrected chi connectivity index (χ2v) is 3.22. The molecule has 0 heterocycles. The van der Waals surface area contributed by atoms with E-state index in [1.54, 1.807) is 6.08 Å². The monoisotopic (exact) mass is 190 g/mol. The van der Waals surface area contributed by atoms with Crippen molar-refractivity contribution in [1.82, 2.24) is 0 Å². The lowest BCUT2D eigenvalue weighted by Crippen LogP contribution is -1.93. The Bertz CT molecular complexity index is 365. The topological polar surface area (TPSA) is 26.3 Å². The molecule has 0 aromatic heterocycles. The van der Waals surface area contributed by atoms with Crippen LogP contribution >= 0.6 is 0 Å². The average Bonchev–Trinajstić information content (AvgIpc) is 2.19. The molecule has 0 aliphatic heterocycles. The SMILES string of the molecule is COC(=O)C=Cc1cc(C)ccc1C. The van der Waals surface area contributed by atoms with Gasteiger partial charge in [0.1, 0.15) is 0 Å². The van der Waals surface area contributed by atoms with E-state index in [1.165, 1.54) is 18.7 Å². The van der Waals surface area contributed by atoms with Gasteiger partial charge in [-0.15, -0.1) is 0 Å². The van der Waals surface area contributed by atoms with Crippen LogP contribution in [0.4, 0.5) is 0 Å². The van der Waals surface area contributed by atoms with Crippen LogP contribution in [-0.2, 0) is 9.53 Å². The van der Waals surface area contributed by atoms with Crippen LogP contribution in [0.5, 0.6) is 0 Å². The van der Waals surface area contributed by atoms with Gasteiger partial charge in [0.2, 0.25) is 0 Å². The molecule has 0 saturated carbocycles. The molecule has 0 radical (unpaired) electrons. The highest BCUT2D eigenvalue weighted by molar-refractivity contribution is 5.87. The number of benzene rings is 1. The van der Waals surface area contributed by atoms with Gasteiger partial charge < -0.3 is 4.74 Å². The first-order valence-electron chi connectivity index (χ1n) is 4.47. The molecule has 1 aromatic rings. The maximum atomic E-state index is 10.9. The Morgan fingerprint density at radius 1 is 1.36 bits per heavy atom. The van der Waals surface area contributed by atoms with Crippen LogP contribution in [0.15, 0.2) is 24.3 Å². The van der Waals surface area contributed by atoms with Crippen molar-refractivity contribution in [2.75, 3.05) is 7.11 Å². The summed E-state index contributed by atoms with van der Waals surface area (Å²) in [5, 5.41) is 0. The van der Waals surface area contributed by atoms with Crippen molar-refractivity contribution in [3.8, 4) is 0 Å². The summed E-state index contributed by atoms with van der Waals surface area (Å²) in [4.78, 5) is 10.9. The summed E-state index contributed by atoms with van der Waals surface area (Å²) >= 11 is 0. The quantitative estimate of drug-likeness (QED) is 0.529. The van der Waals surface area contributed by atoms with E-state index in [-0.39, 0.29) is 5.97 Å². The van der Waals surface area contributed by atoms with Gasteiger partial charge in [0.05, 0.1) is 7.11 Å². The van der Waals surface area contributed by atoms with Crippen LogP contribution in [-0.4, -0.2) is 13.1 Å². The van der Waals surface area contributed by atoms with E-state index in [9.17, 15) is 4.79 Å². The normalized spacial score (nSPS) is 10.5. The summed E-state index contributed by atoms with van der Waals surface area (Å²) in [7, 11) is 1.37. The lowest BCUT2D eigenvalue weighted by atomic mass is 10.1. The van der Waals surface area contributed by atoms with E-state index in [4.69, 9.17) is 0 Å². The molecule has 1 rings (SSSR count). The molecular weight excluding hydrogens is 176 g/mol. The van der Waals surface area contributed by atoms with E-state index >= 15 is 0 Å². The molecule has 0 atom stereocenters. The number of carbonyl (C=O) groups is 1. The predicted molar refractivity (Wildman–Crippen MR) is 57.0 cm³/mol. The van der Waals surface area contributed by atoms with E-state index in [0.717, 1.165) is 11.1 Å². The third-order valence-corrected chi connectivity index (χ3v) is 2.03. The number of rotatable bonds is 2. The summed E-state index contributed by atoms with van der Waals surface area (Å²) in [5.74, 6) is -0.328. The molecule has 0 fully saturated rings. The molecule has 0 unspecified atom stereocenters. The first-order valence-corrected chi connectivity index (χ1v) is 4.47. The van der Waals surface area contributed by atoms with Crippen LogP contribution in [0.1, 0.15) is 16.7 Å². The molecule has 0 aliphatic rings. The zero-order valence-electron chi connectivity index (χ0n) is 8.70. The van der Waals surface area contributed by atoms with Crippen molar-refractivity contribution in [2.24, 2.45) is 0 Å². The minimum Gasteiger partial charge on any atom is -0.466 e. The fourth-order valence-corrected chi connectivity index (χ4v) is 1.17. The minimum absolute atomic E-state index is 0.328. The summed E-state index contributed by atoms with van der Waals surface area (Å²) in [6.45, 7) is 4.03. The van der Waals surface area contributed by atoms with E-state index in [0.29, 0.717) is 0 Å². The number of ether oxygens (including phenoxy) is 1. The van der Waals surface area contributed by atoms with Crippen LogP contribution < -0.4 is 0 Å². The van der Waals surface area contributed by atoms with Gasteiger partial charge in [-0.3, -0.25) is 0 Å². The predicted octanol–water partition coefficient (Wildman–Crippen LogP) is 2.49. The van der Waals surface area contributed by atoms with Gasteiger partial charge in [0, 0.05) is 6.08 Å². The third-order valence-electron chi connectivity index (χ3n) is 2.03. The van der Waals surface area contributed by atoms with E-state index < -0.39 is 0 Å². The first-order chi connectivity index (χ1) is 6.63. The number of carbonyl (C=O) groups excluding carboxylic acids is 1. The average molecular weight is 190 g/mol. The van der Waals surface area contributed by atoms with Crippen molar-refractivity contribution in [2.45, 2.75) is 13.8 Å². The van der Waals surface area contributed by atoms with Crippen LogP contribution in [0.3, 0.4) is 0 Å². The number of esters is 1. The molecule has 0 spiro atoms. The fourth-order valence-electron chi connectivity index (χ4n) is 1.17. The Morgan fingerprint density at radius 3 is 2.71 bits per heavy atom. The van der Waals surface area contributed by atoms with Crippen molar-refractivity contribution in [1.29, 1.82) is 0 Å². The Balaban J connectivity index is 2.90. The molecule has 2 nitrogen and oxygen atoms in total. The Labute approximate surface area is 84.2 Å². The van der Waals surface area contributed by atoms with Gasteiger partial charge in [0.15, 0.2) is 0 Å². The Kier molecular flexibility index (Phi) is 3.46. The Hall–Kier alpha value is -1.57. The van der Waals surface area contributed by atoms with Gasteiger partial charge in [-0.2, -0.15) is 0 Å².